The number of nitrogens with one attached hydrogen (secondary N) is 1. The Labute approximate surface area is 167 Å². The summed E-state index contributed by atoms with van der Waals surface area (Å²) in [6.07, 6.45) is 0. The number of hydrogen-bond acceptors (Lipinski definition) is 8. The van der Waals surface area contributed by atoms with Crippen molar-refractivity contribution in [2.24, 2.45) is 0 Å². The van der Waals surface area contributed by atoms with E-state index in [0.717, 1.165) is 5.76 Å². The predicted octanol–water partition coefficient (Wildman–Crippen LogP) is 2.82. The highest BCUT2D eigenvalue weighted by Crippen LogP contribution is 2.25. The first-order chi connectivity index (χ1) is 14.0. The fraction of sp³-hybridized carbons (Fsp3) is 0.300. The third-order valence-electron chi connectivity index (χ3n) is 3.92. The Hall–Kier alpha value is -3.62. The molecule has 0 aliphatic carbocycles. The van der Waals surface area contributed by atoms with Crippen molar-refractivity contribution in [3.05, 3.63) is 53.3 Å². The quantitative estimate of drug-likeness (QED) is 0.575. The molecule has 0 atom stereocenters. The van der Waals surface area contributed by atoms with Gasteiger partial charge in [0.1, 0.15) is 23.8 Å². The minimum atomic E-state index is -0.637. The van der Waals surface area contributed by atoms with Crippen LogP contribution >= 0.6 is 0 Å². The lowest BCUT2D eigenvalue weighted by atomic mass is 10.2. The summed E-state index contributed by atoms with van der Waals surface area (Å²) < 4.78 is 21.4. The van der Waals surface area contributed by atoms with E-state index >= 15 is 0 Å². The van der Waals surface area contributed by atoms with Crippen LogP contribution in [0.4, 0.5) is 0 Å². The molecule has 152 valence electrons. The molecule has 0 radical (unpaired) electrons. The van der Waals surface area contributed by atoms with Crippen LogP contribution in [0.25, 0.3) is 11.5 Å². The summed E-state index contributed by atoms with van der Waals surface area (Å²) in [6, 6.07) is 8.57. The van der Waals surface area contributed by atoms with E-state index in [9.17, 15) is 9.59 Å². The Morgan fingerprint density at radius 2 is 1.93 bits per heavy atom. The molecule has 2 heterocycles. The van der Waals surface area contributed by atoms with Crippen molar-refractivity contribution in [3.8, 4) is 17.2 Å². The van der Waals surface area contributed by atoms with Crippen molar-refractivity contribution in [3.63, 3.8) is 0 Å². The SMILES string of the molecule is CCOc1ccccc1C(=O)NCC(=O)OCc1nnc(-c2cc(C)oc2C)o1. The molecule has 0 bridgehead atoms. The number of aromatic nitrogens is 2. The average Bonchev–Trinajstić information content (AvgIpc) is 3.30. The maximum absolute atomic E-state index is 12.3. The minimum Gasteiger partial charge on any atom is -0.493 e. The second kappa shape index (κ2) is 9.05. The number of para-hydroxylation sites is 1. The van der Waals surface area contributed by atoms with Crippen LogP contribution in [-0.2, 0) is 16.1 Å². The van der Waals surface area contributed by atoms with Crippen LogP contribution in [-0.4, -0.2) is 35.2 Å². The molecule has 1 amide bonds. The zero-order chi connectivity index (χ0) is 20.8. The van der Waals surface area contributed by atoms with E-state index < -0.39 is 11.9 Å². The predicted molar refractivity (Wildman–Crippen MR) is 101 cm³/mol. The van der Waals surface area contributed by atoms with Crippen LogP contribution in [0.15, 0.2) is 39.2 Å². The number of nitrogens with zero attached hydrogens (tertiary/aromatic N) is 2. The van der Waals surface area contributed by atoms with Gasteiger partial charge in [-0.15, -0.1) is 10.2 Å². The molecule has 1 aromatic carbocycles. The van der Waals surface area contributed by atoms with Gasteiger partial charge in [0, 0.05) is 0 Å². The van der Waals surface area contributed by atoms with E-state index in [-0.39, 0.29) is 24.9 Å². The Balaban J connectivity index is 1.51. The lowest BCUT2D eigenvalue weighted by molar-refractivity contribution is -0.144. The molecule has 0 spiro atoms. The van der Waals surface area contributed by atoms with Crippen LogP contribution < -0.4 is 10.1 Å². The lowest BCUT2D eigenvalue weighted by Crippen LogP contribution is -2.30. The number of benzene rings is 1. The van der Waals surface area contributed by atoms with Crippen LogP contribution in [0.5, 0.6) is 5.75 Å². The molecule has 9 nitrogen and oxygen atoms in total. The van der Waals surface area contributed by atoms with Gasteiger partial charge in [-0.3, -0.25) is 9.59 Å². The zero-order valence-electron chi connectivity index (χ0n) is 16.4. The van der Waals surface area contributed by atoms with Gasteiger partial charge in [-0.2, -0.15) is 0 Å². The van der Waals surface area contributed by atoms with E-state index in [4.69, 9.17) is 18.3 Å². The monoisotopic (exact) mass is 399 g/mol. The standard InChI is InChI=1S/C20H21N3O6/c1-4-26-16-8-6-5-7-14(16)19(25)21-10-18(24)27-11-17-22-23-20(29-17)15-9-12(2)28-13(15)3/h5-9H,4,10-11H2,1-3H3,(H,21,25). The highest BCUT2D eigenvalue weighted by molar-refractivity contribution is 5.98. The molecule has 0 aliphatic heterocycles. The van der Waals surface area contributed by atoms with Crippen molar-refractivity contribution < 1.29 is 27.9 Å². The summed E-state index contributed by atoms with van der Waals surface area (Å²) in [5.74, 6) is 1.18. The number of esters is 1. The largest absolute Gasteiger partial charge is 0.493 e. The van der Waals surface area contributed by atoms with Gasteiger partial charge in [0.2, 0.25) is 0 Å². The molecule has 0 saturated carbocycles. The first kappa shape index (κ1) is 20.1. The Kier molecular flexibility index (Phi) is 6.28. The van der Waals surface area contributed by atoms with Crippen molar-refractivity contribution in [2.75, 3.05) is 13.2 Å². The summed E-state index contributed by atoms with van der Waals surface area (Å²) in [5.41, 5.74) is 1.03. The number of amides is 1. The summed E-state index contributed by atoms with van der Waals surface area (Å²) in [4.78, 5) is 24.2. The molecule has 0 unspecified atom stereocenters. The highest BCUT2D eigenvalue weighted by atomic mass is 16.5. The first-order valence-electron chi connectivity index (χ1n) is 9.03. The van der Waals surface area contributed by atoms with Gasteiger partial charge in [-0.05, 0) is 39.0 Å². The molecule has 0 saturated heterocycles. The van der Waals surface area contributed by atoms with Crippen molar-refractivity contribution in [2.45, 2.75) is 27.4 Å². The van der Waals surface area contributed by atoms with E-state index in [1.165, 1.54) is 0 Å². The van der Waals surface area contributed by atoms with E-state index in [1.54, 1.807) is 37.3 Å². The number of ether oxygens (including phenoxy) is 2. The van der Waals surface area contributed by atoms with Crippen LogP contribution in [0.1, 0.15) is 34.7 Å². The fourth-order valence-corrected chi connectivity index (χ4v) is 2.64. The van der Waals surface area contributed by atoms with Gasteiger partial charge in [0.15, 0.2) is 6.61 Å². The normalized spacial score (nSPS) is 10.6. The Bertz CT molecular complexity index is 1010. The van der Waals surface area contributed by atoms with Gasteiger partial charge in [0.25, 0.3) is 17.7 Å². The van der Waals surface area contributed by atoms with Crippen LogP contribution in [0.3, 0.4) is 0 Å². The van der Waals surface area contributed by atoms with E-state index in [1.807, 2.05) is 13.8 Å². The molecule has 2 aromatic heterocycles. The number of aryl methyl sites for hydroxylation is 2. The third kappa shape index (κ3) is 5.01. The van der Waals surface area contributed by atoms with Crippen molar-refractivity contribution in [1.29, 1.82) is 0 Å². The van der Waals surface area contributed by atoms with Gasteiger partial charge < -0.3 is 23.6 Å². The number of furan rings is 1. The molecular formula is C20H21N3O6. The van der Waals surface area contributed by atoms with Gasteiger partial charge in [0.05, 0.1) is 17.7 Å². The number of carbonyl (C=O) groups is 2. The number of rotatable bonds is 8. The lowest BCUT2D eigenvalue weighted by Gasteiger charge is -2.10. The van der Waals surface area contributed by atoms with Gasteiger partial charge in [-0.25, -0.2) is 0 Å². The highest BCUT2D eigenvalue weighted by Gasteiger charge is 2.17. The van der Waals surface area contributed by atoms with E-state index in [2.05, 4.69) is 15.5 Å². The summed E-state index contributed by atoms with van der Waals surface area (Å²) in [7, 11) is 0. The molecule has 29 heavy (non-hydrogen) atoms. The second-order valence-electron chi connectivity index (χ2n) is 6.10. The second-order valence-corrected chi connectivity index (χ2v) is 6.10. The molecule has 0 aliphatic rings. The maximum atomic E-state index is 12.3. The van der Waals surface area contributed by atoms with Crippen molar-refractivity contribution in [1.82, 2.24) is 15.5 Å². The Morgan fingerprint density at radius 3 is 2.66 bits per heavy atom. The summed E-state index contributed by atoms with van der Waals surface area (Å²) >= 11 is 0. The smallest absolute Gasteiger partial charge is 0.325 e. The fourth-order valence-electron chi connectivity index (χ4n) is 2.64. The minimum absolute atomic E-state index is 0.139. The maximum Gasteiger partial charge on any atom is 0.325 e. The average molecular weight is 399 g/mol. The van der Waals surface area contributed by atoms with Crippen LogP contribution in [0, 0.1) is 13.8 Å². The summed E-state index contributed by atoms with van der Waals surface area (Å²) in [5, 5.41) is 10.3. The van der Waals surface area contributed by atoms with Gasteiger partial charge >= 0.3 is 5.97 Å². The topological polar surface area (TPSA) is 117 Å². The molecule has 3 rings (SSSR count). The Morgan fingerprint density at radius 1 is 1.14 bits per heavy atom. The van der Waals surface area contributed by atoms with Crippen LogP contribution in [0.2, 0.25) is 0 Å². The number of hydrogen-bond donors (Lipinski definition) is 1. The van der Waals surface area contributed by atoms with Gasteiger partial charge in [-0.1, -0.05) is 12.1 Å². The van der Waals surface area contributed by atoms with E-state index in [0.29, 0.717) is 29.2 Å². The molecule has 9 heteroatoms. The molecule has 1 N–H and O–H groups in total. The third-order valence-corrected chi connectivity index (χ3v) is 3.92. The summed E-state index contributed by atoms with van der Waals surface area (Å²) in [6.45, 7) is 5.35. The number of carbonyl (C=O) groups excluding carboxylic acids is 2. The zero-order valence-corrected chi connectivity index (χ0v) is 16.4. The first-order valence-corrected chi connectivity index (χ1v) is 9.03. The molecule has 3 aromatic rings. The van der Waals surface area contributed by atoms with Crippen molar-refractivity contribution >= 4 is 11.9 Å². The molecule has 0 fully saturated rings. The molecular weight excluding hydrogens is 378 g/mol.